The van der Waals surface area contributed by atoms with Gasteiger partial charge in [0.25, 0.3) is 0 Å². The summed E-state index contributed by atoms with van der Waals surface area (Å²) < 4.78 is 12.7. The molecular weight excluding hydrogens is 410 g/mol. The summed E-state index contributed by atoms with van der Waals surface area (Å²) in [5.74, 6) is 1.69. The van der Waals surface area contributed by atoms with E-state index in [1.165, 1.54) is 11.8 Å². The van der Waals surface area contributed by atoms with Gasteiger partial charge in [0.1, 0.15) is 18.0 Å². The first kappa shape index (κ1) is 21.2. The second-order valence-electron chi connectivity index (χ2n) is 6.11. The molecule has 0 saturated carbocycles. The van der Waals surface area contributed by atoms with E-state index in [9.17, 15) is 4.79 Å². The van der Waals surface area contributed by atoms with Crippen molar-refractivity contribution in [2.75, 3.05) is 19.0 Å². The molecule has 3 aromatic rings. The van der Waals surface area contributed by atoms with Crippen LogP contribution in [0, 0.1) is 0 Å². The van der Waals surface area contributed by atoms with E-state index in [0.29, 0.717) is 36.4 Å². The van der Waals surface area contributed by atoms with Gasteiger partial charge in [-0.05, 0) is 30.7 Å². The van der Waals surface area contributed by atoms with Crippen LogP contribution in [0.1, 0.15) is 18.3 Å². The quantitative estimate of drug-likeness (QED) is 0.271. The van der Waals surface area contributed by atoms with Crippen LogP contribution in [-0.2, 0) is 22.5 Å². The van der Waals surface area contributed by atoms with Gasteiger partial charge in [-0.1, -0.05) is 59.8 Å². The highest BCUT2D eigenvalue weighted by Crippen LogP contribution is 2.21. The molecule has 29 heavy (non-hydrogen) atoms. The Bertz CT molecular complexity index is 934. The summed E-state index contributed by atoms with van der Waals surface area (Å²) in [6.45, 7) is 3.21. The van der Waals surface area contributed by atoms with E-state index in [-0.39, 0.29) is 12.4 Å². The third-order valence-electron chi connectivity index (χ3n) is 3.96. The topological polar surface area (TPSA) is 66.2 Å². The van der Waals surface area contributed by atoms with E-state index in [1.807, 2.05) is 47.0 Å². The molecule has 8 heteroatoms. The maximum absolute atomic E-state index is 11.9. The van der Waals surface area contributed by atoms with Gasteiger partial charge in [-0.2, -0.15) is 0 Å². The number of esters is 1. The van der Waals surface area contributed by atoms with Gasteiger partial charge in [0.15, 0.2) is 5.16 Å². The van der Waals surface area contributed by atoms with Crippen LogP contribution in [0.5, 0.6) is 5.75 Å². The second kappa shape index (κ2) is 10.9. The minimum Gasteiger partial charge on any atom is -0.493 e. The number of carbonyl (C=O) groups excluding carboxylic acids is 1. The molecule has 0 unspecified atom stereocenters. The number of thioether (sulfide) groups is 1. The monoisotopic (exact) mass is 431 g/mol. The first-order valence-electron chi connectivity index (χ1n) is 9.28. The summed E-state index contributed by atoms with van der Waals surface area (Å²) in [6.07, 6.45) is 0.0905. The molecule has 0 bridgehead atoms. The smallest absolute Gasteiger partial charge is 0.313 e. The largest absolute Gasteiger partial charge is 0.493 e. The van der Waals surface area contributed by atoms with Gasteiger partial charge in [0.05, 0.1) is 19.8 Å². The standard InChI is InChI=1S/C21H22ClN3O3S/c1-2-27-20(26)14-19-23-24-21(25(19)15-16-7-4-3-5-8-16)29-12-11-28-18-10-6-9-17(22)13-18/h3-10,13H,2,11-12,14-15H2,1H3. The fourth-order valence-corrected chi connectivity index (χ4v) is 3.63. The zero-order valence-corrected chi connectivity index (χ0v) is 17.7. The van der Waals surface area contributed by atoms with Crippen molar-refractivity contribution >= 4 is 29.3 Å². The lowest BCUT2D eigenvalue weighted by atomic mass is 10.2. The zero-order chi connectivity index (χ0) is 20.5. The van der Waals surface area contributed by atoms with Gasteiger partial charge in [0.2, 0.25) is 0 Å². The Balaban J connectivity index is 1.66. The first-order chi connectivity index (χ1) is 14.2. The van der Waals surface area contributed by atoms with Crippen molar-refractivity contribution in [3.05, 3.63) is 71.0 Å². The van der Waals surface area contributed by atoms with Gasteiger partial charge < -0.3 is 14.0 Å². The summed E-state index contributed by atoms with van der Waals surface area (Å²) in [4.78, 5) is 11.9. The number of hydrogen-bond acceptors (Lipinski definition) is 6. The van der Waals surface area contributed by atoms with E-state index in [2.05, 4.69) is 10.2 Å². The maximum atomic E-state index is 11.9. The summed E-state index contributed by atoms with van der Waals surface area (Å²) in [5.41, 5.74) is 1.11. The average molecular weight is 432 g/mol. The SMILES string of the molecule is CCOC(=O)Cc1nnc(SCCOc2cccc(Cl)c2)n1Cc1ccccc1. The van der Waals surface area contributed by atoms with E-state index < -0.39 is 0 Å². The predicted octanol–water partition coefficient (Wildman–Crippen LogP) is 4.26. The minimum atomic E-state index is -0.310. The van der Waals surface area contributed by atoms with Crippen molar-refractivity contribution in [1.82, 2.24) is 14.8 Å². The molecule has 0 aliphatic heterocycles. The Morgan fingerprint density at radius 2 is 1.97 bits per heavy atom. The van der Waals surface area contributed by atoms with Crippen molar-refractivity contribution in [2.24, 2.45) is 0 Å². The van der Waals surface area contributed by atoms with E-state index in [0.717, 1.165) is 16.5 Å². The zero-order valence-electron chi connectivity index (χ0n) is 16.1. The molecule has 1 heterocycles. The van der Waals surface area contributed by atoms with Gasteiger partial charge >= 0.3 is 5.97 Å². The van der Waals surface area contributed by atoms with Crippen LogP contribution < -0.4 is 4.74 Å². The second-order valence-corrected chi connectivity index (χ2v) is 7.61. The van der Waals surface area contributed by atoms with E-state index >= 15 is 0 Å². The molecule has 3 rings (SSSR count). The van der Waals surface area contributed by atoms with Crippen LogP contribution in [-0.4, -0.2) is 39.7 Å². The lowest BCUT2D eigenvalue weighted by Crippen LogP contribution is -2.14. The van der Waals surface area contributed by atoms with Crippen LogP contribution in [0.4, 0.5) is 0 Å². The normalized spacial score (nSPS) is 10.7. The van der Waals surface area contributed by atoms with Crippen molar-refractivity contribution in [3.63, 3.8) is 0 Å². The van der Waals surface area contributed by atoms with Gasteiger partial charge in [0, 0.05) is 10.8 Å². The maximum Gasteiger partial charge on any atom is 0.313 e. The fourth-order valence-electron chi connectivity index (χ4n) is 2.67. The Morgan fingerprint density at radius 1 is 1.14 bits per heavy atom. The van der Waals surface area contributed by atoms with Crippen LogP contribution in [0.25, 0.3) is 0 Å². The molecule has 0 radical (unpaired) electrons. The highest BCUT2D eigenvalue weighted by molar-refractivity contribution is 7.99. The average Bonchev–Trinajstić information content (AvgIpc) is 3.07. The van der Waals surface area contributed by atoms with Gasteiger partial charge in [-0.15, -0.1) is 10.2 Å². The number of ether oxygens (including phenoxy) is 2. The Morgan fingerprint density at radius 3 is 2.72 bits per heavy atom. The Labute approximate surface area is 179 Å². The third kappa shape index (κ3) is 6.51. The molecular formula is C21H22ClN3O3S. The lowest BCUT2D eigenvalue weighted by Gasteiger charge is -2.11. The number of benzene rings is 2. The van der Waals surface area contributed by atoms with Crippen molar-refractivity contribution in [3.8, 4) is 5.75 Å². The minimum absolute atomic E-state index is 0.0905. The van der Waals surface area contributed by atoms with E-state index in [4.69, 9.17) is 21.1 Å². The molecule has 0 atom stereocenters. The molecule has 0 saturated heterocycles. The van der Waals surface area contributed by atoms with Crippen LogP contribution >= 0.6 is 23.4 Å². The fraction of sp³-hybridized carbons (Fsp3) is 0.286. The van der Waals surface area contributed by atoms with Crippen molar-refractivity contribution < 1.29 is 14.3 Å². The molecule has 6 nitrogen and oxygen atoms in total. The van der Waals surface area contributed by atoms with Crippen LogP contribution in [0.15, 0.2) is 59.8 Å². The summed E-state index contributed by atoms with van der Waals surface area (Å²) in [5, 5.41) is 9.87. The summed E-state index contributed by atoms with van der Waals surface area (Å²) in [7, 11) is 0. The van der Waals surface area contributed by atoms with Gasteiger partial charge in [-0.3, -0.25) is 4.79 Å². The Hall–Kier alpha value is -2.51. The predicted molar refractivity (Wildman–Crippen MR) is 114 cm³/mol. The van der Waals surface area contributed by atoms with Crippen LogP contribution in [0.3, 0.4) is 0 Å². The summed E-state index contributed by atoms with van der Waals surface area (Å²) in [6, 6.07) is 17.3. The molecule has 0 N–H and O–H groups in total. The molecule has 2 aromatic carbocycles. The molecule has 0 fully saturated rings. The number of aromatic nitrogens is 3. The molecule has 0 aliphatic carbocycles. The highest BCUT2D eigenvalue weighted by atomic mass is 35.5. The van der Waals surface area contributed by atoms with Crippen molar-refractivity contribution in [1.29, 1.82) is 0 Å². The highest BCUT2D eigenvalue weighted by Gasteiger charge is 2.16. The number of carbonyl (C=O) groups is 1. The van der Waals surface area contributed by atoms with Crippen LogP contribution in [0.2, 0.25) is 5.02 Å². The molecule has 0 aliphatic rings. The first-order valence-corrected chi connectivity index (χ1v) is 10.6. The lowest BCUT2D eigenvalue weighted by molar-refractivity contribution is -0.142. The molecule has 0 amide bonds. The summed E-state index contributed by atoms with van der Waals surface area (Å²) >= 11 is 7.50. The number of nitrogens with zero attached hydrogens (tertiary/aromatic N) is 3. The number of hydrogen-bond donors (Lipinski definition) is 0. The number of halogens is 1. The molecule has 0 spiro atoms. The molecule has 1 aromatic heterocycles. The number of rotatable bonds is 10. The molecule has 152 valence electrons. The van der Waals surface area contributed by atoms with Crippen molar-refractivity contribution in [2.45, 2.75) is 25.0 Å². The van der Waals surface area contributed by atoms with E-state index in [1.54, 1.807) is 19.1 Å². The third-order valence-corrected chi connectivity index (χ3v) is 5.13. The Kier molecular flexibility index (Phi) is 7.95. The van der Waals surface area contributed by atoms with Gasteiger partial charge in [-0.25, -0.2) is 0 Å².